The summed E-state index contributed by atoms with van der Waals surface area (Å²) < 4.78 is 6.77. The Bertz CT molecular complexity index is 1400. The van der Waals surface area contributed by atoms with E-state index in [-0.39, 0.29) is 18.9 Å². The number of aliphatic carboxylic acids is 1. The summed E-state index contributed by atoms with van der Waals surface area (Å²) in [5.41, 5.74) is 3.57. The molecule has 1 N–H and O–H groups in total. The average Bonchev–Trinajstić information content (AvgIpc) is 3.26. The quantitative estimate of drug-likeness (QED) is 0.155. The minimum atomic E-state index is -0.932. The summed E-state index contributed by atoms with van der Waals surface area (Å²) >= 11 is 1.47. The molecule has 0 aliphatic carbocycles. The number of amides is 1. The maximum absolute atomic E-state index is 13.3. The SMILES string of the molecule is CCOC(=O)c1ccc(N(CCCSc2nc3ccccc3n2CC(=O)O)C(=O)Cc2ccccc2)cc1. The smallest absolute Gasteiger partial charge is 0.338 e. The predicted molar refractivity (Wildman–Crippen MR) is 148 cm³/mol. The Labute approximate surface area is 225 Å². The molecule has 0 saturated carbocycles. The van der Waals surface area contributed by atoms with Gasteiger partial charge in [-0.3, -0.25) is 9.59 Å². The number of nitrogens with zero attached hydrogens (tertiary/aromatic N) is 3. The predicted octanol–water partition coefficient (Wildman–Crippen LogP) is 5.06. The fraction of sp³-hybridized carbons (Fsp3) is 0.241. The zero-order valence-corrected chi connectivity index (χ0v) is 21.9. The van der Waals surface area contributed by atoms with Gasteiger partial charge in [0.15, 0.2) is 5.16 Å². The summed E-state index contributed by atoms with van der Waals surface area (Å²) in [6, 6.07) is 23.9. The van der Waals surface area contributed by atoms with Gasteiger partial charge >= 0.3 is 11.9 Å². The molecule has 8 nitrogen and oxygen atoms in total. The number of carboxylic acids is 1. The lowest BCUT2D eigenvalue weighted by molar-refractivity contribution is -0.137. The first-order chi connectivity index (χ1) is 18.5. The van der Waals surface area contributed by atoms with E-state index in [9.17, 15) is 19.5 Å². The van der Waals surface area contributed by atoms with Crippen molar-refractivity contribution in [2.24, 2.45) is 0 Å². The van der Waals surface area contributed by atoms with Crippen LogP contribution in [-0.4, -0.2) is 51.4 Å². The molecule has 0 radical (unpaired) electrons. The number of rotatable bonds is 12. The van der Waals surface area contributed by atoms with Gasteiger partial charge in [0.05, 0.1) is 29.6 Å². The number of carbonyl (C=O) groups excluding carboxylic acids is 2. The van der Waals surface area contributed by atoms with Gasteiger partial charge in [0.1, 0.15) is 6.54 Å². The summed E-state index contributed by atoms with van der Waals surface area (Å²) in [5, 5.41) is 10.0. The molecule has 9 heteroatoms. The lowest BCUT2D eigenvalue weighted by Crippen LogP contribution is -2.33. The lowest BCUT2D eigenvalue weighted by Gasteiger charge is -2.23. The minimum Gasteiger partial charge on any atom is -0.480 e. The second kappa shape index (κ2) is 12.9. The highest BCUT2D eigenvalue weighted by Gasteiger charge is 2.18. The first kappa shape index (κ1) is 26.9. The second-order valence-corrected chi connectivity index (χ2v) is 9.60. The van der Waals surface area contributed by atoms with E-state index in [0.717, 1.165) is 16.6 Å². The number of anilines is 1. The molecule has 4 rings (SSSR count). The molecular weight excluding hydrogens is 502 g/mol. The number of para-hydroxylation sites is 2. The van der Waals surface area contributed by atoms with Crippen molar-refractivity contribution in [1.29, 1.82) is 0 Å². The molecule has 196 valence electrons. The zero-order chi connectivity index (χ0) is 26.9. The Balaban J connectivity index is 1.47. The summed E-state index contributed by atoms with van der Waals surface area (Å²) in [6.07, 6.45) is 0.906. The van der Waals surface area contributed by atoms with Crippen LogP contribution in [0.2, 0.25) is 0 Å². The van der Waals surface area contributed by atoms with Crippen molar-refractivity contribution in [2.75, 3.05) is 23.8 Å². The molecule has 0 spiro atoms. The Morgan fingerprint density at radius 1 is 0.974 bits per heavy atom. The number of carbonyl (C=O) groups is 3. The molecule has 0 aliphatic rings. The standard InChI is InChI=1S/C29H29N3O5S/c1-2-37-28(36)22-13-15-23(16-14-22)31(26(33)19-21-9-4-3-5-10-21)17-8-18-38-29-30-24-11-6-7-12-25(24)32(29)20-27(34)35/h3-7,9-16H,2,8,17-20H2,1H3,(H,34,35). The van der Waals surface area contributed by atoms with E-state index in [1.807, 2.05) is 54.6 Å². The molecule has 1 amide bonds. The van der Waals surface area contributed by atoms with E-state index in [1.165, 1.54) is 11.8 Å². The molecule has 0 bridgehead atoms. The van der Waals surface area contributed by atoms with Gasteiger partial charge in [-0.1, -0.05) is 54.2 Å². The van der Waals surface area contributed by atoms with Crippen molar-refractivity contribution >= 4 is 46.3 Å². The van der Waals surface area contributed by atoms with E-state index in [4.69, 9.17) is 4.74 Å². The summed E-state index contributed by atoms with van der Waals surface area (Å²) in [4.78, 5) is 43.2. The number of carboxylic acid groups (broad SMARTS) is 1. The highest BCUT2D eigenvalue weighted by atomic mass is 32.2. The minimum absolute atomic E-state index is 0.0526. The Morgan fingerprint density at radius 2 is 1.68 bits per heavy atom. The van der Waals surface area contributed by atoms with Gasteiger partial charge in [-0.2, -0.15) is 0 Å². The number of benzene rings is 3. The molecule has 1 heterocycles. The van der Waals surface area contributed by atoms with Crippen LogP contribution >= 0.6 is 11.8 Å². The normalized spacial score (nSPS) is 10.9. The molecule has 0 unspecified atom stereocenters. The van der Waals surface area contributed by atoms with E-state index in [0.29, 0.717) is 41.7 Å². The van der Waals surface area contributed by atoms with E-state index >= 15 is 0 Å². The van der Waals surface area contributed by atoms with Crippen LogP contribution in [0.3, 0.4) is 0 Å². The molecular formula is C29H29N3O5S. The Hall–Kier alpha value is -4.11. The molecule has 0 saturated heterocycles. The van der Waals surface area contributed by atoms with E-state index in [1.54, 1.807) is 40.7 Å². The van der Waals surface area contributed by atoms with Crippen LogP contribution in [0.1, 0.15) is 29.3 Å². The van der Waals surface area contributed by atoms with Crippen molar-refractivity contribution in [3.63, 3.8) is 0 Å². The van der Waals surface area contributed by atoms with Crippen molar-refractivity contribution in [1.82, 2.24) is 9.55 Å². The number of esters is 1. The van der Waals surface area contributed by atoms with Gasteiger partial charge in [-0.25, -0.2) is 9.78 Å². The molecule has 0 fully saturated rings. The topological polar surface area (TPSA) is 102 Å². The van der Waals surface area contributed by atoms with Crippen molar-refractivity contribution < 1.29 is 24.2 Å². The van der Waals surface area contributed by atoms with Gasteiger partial charge in [-0.05, 0) is 55.3 Å². The van der Waals surface area contributed by atoms with Gasteiger partial charge in [0, 0.05) is 18.0 Å². The fourth-order valence-electron chi connectivity index (χ4n) is 4.09. The average molecular weight is 532 g/mol. The summed E-state index contributed by atoms with van der Waals surface area (Å²) in [5.74, 6) is -0.747. The van der Waals surface area contributed by atoms with Crippen molar-refractivity contribution in [3.05, 3.63) is 90.0 Å². The van der Waals surface area contributed by atoms with Gasteiger partial charge < -0.3 is 19.3 Å². The fourth-order valence-corrected chi connectivity index (χ4v) is 5.03. The third-order valence-corrected chi connectivity index (χ3v) is 6.92. The van der Waals surface area contributed by atoms with Crippen LogP contribution < -0.4 is 4.90 Å². The van der Waals surface area contributed by atoms with Crippen LogP contribution in [0.5, 0.6) is 0 Å². The number of aromatic nitrogens is 2. The van der Waals surface area contributed by atoms with Crippen molar-refractivity contribution in [3.8, 4) is 0 Å². The van der Waals surface area contributed by atoms with E-state index in [2.05, 4.69) is 4.98 Å². The highest BCUT2D eigenvalue weighted by molar-refractivity contribution is 7.99. The molecule has 0 atom stereocenters. The number of ether oxygens (including phenoxy) is 1. The van der Waals surface area contributed by atoms with Crippen LogP contribution in [0.25, 0.3) is 11.0 Å². The molecule has 1 aromatic heterocycles. The summed E-state index contributed by atoms with van der Waals surface area (Å²) in [7, 11) is 0. The number of hydrogen-bond acceptors (Lipinski definition) is 6. The Kier molecular flexibility index (Phi) is 9.16. The monoisotopic (exact) mass is 531 g/mol. The van der Waals surface area contributed by atoms with Crippen LogP contribution in [0.15, 0.2) is 84.0 Å². The van der Waals surface area contributed by atoms with Crippen LogP contribution in [-0.2, 0) is 27.3 Å². The van der Waals surface area contributed by atoms with Gasteiger partial charge in [-0.15, -0.1) is 0 Å². The van der Waals surface area contributed by atoms with Crippen LogP contribution in [0.4, 0.5) is 5.69 Å². The maximum Gasteiger partial charge on any atom is 0.338 e. The number of hydrogen-bond donors (Lipinski definition) is 1. The van der Waals surface area contributed by atoms with Gasteiger partial charge in [0.2, 0.25) is 5.91 Å². The highest BCUT2D eigenvalue weighted by Crippen LogP contribution is 2.25. The Morgan fingerprint density at radius 3 is 2.39 bits per heavy atom. The number of imidazole rings is 1. The third-order valence-electron chi connectivity index (χ3n) is 5.86. The third kappa shape index (κ3) is 6.80. The maximum atomic E-state index is 13.3. The first-order valence-corrected chi connectivity index (χ1v) is 13.4. The number of thioether (sulfide) groups is 1. The van der Waals surface area contributed by atoms with Gasteiger partial charge in [0.25, 0.3) is 0 Å². The van der Waals surface area contributed by atoms with E-state index < -0.39 is 11.9 Å². The first-order valence-electron chi connectivity index (χ1n) is 12.4. The number of fused-ring (bicyclic) bond motifs is 1. The largest absolute Gasteiger partial charge is 0.480 e. The molecule has 3 aromatic carbocycles. The zero-order valence-electron chi connectivity index (χ0n) is 21.1. The summed E-state index contributed by atoms with van der Waals surface area (Å²) in [6.45, 7) is 2.33. The molecule has 0 aliphatic heterocycles. The van der Waals surface area contributed by atoms with Crippen LogP contribution in [0, 0.1) is 0 Å². The van der Waals surface area contributed by atoms with Crippen molar-refractivity contribution in [2.45, 2.75) is 31.5 Å². The second-order valence-electron chi connectivity index (χ2n) is 8.54. The lowest BCUT2D eigenvalue weighted by atomic mass is 10.1. The molecule has 38 heavy (non-hydrogen) atoms. The molecule has 4 aromatic rings.